The van der Waals surface area contributed by atoms with Gasteiger partial charge in [0.1, 0.15) is 0 Å². The topological polar surface area (TPSA) is 55.8 Å². The first-order valence-electron chi connectivity index (χ1n) is 16.6. The minimum absolute atomic E-state index is 0.181. The summed E-state index contributed by atoms with van der Waals surface area (Å²) < 4.78 is 2.31. The number of para-hydroxylation sites is 2. The summed E-state index contributed by atoms with van der Waals surface area (Å²) in [6, 6.07) is 42.6. The zero-order valence-electron chi connectivity index (χ0n) is 26.7. The molecule has 230 valence electrons. The van der Waals surface area contributed by atoms with Crippen LogP contribution in [0.1, 0.15) is 33.9 Å². The summed E-state index contributed by atoms with van der Waals surface area (Å²) in [5, 5.41) is 22.0. The van der Waals surface area contributed by atoms with E-state index in [0.29, 0.717) is 11.1 Å². The molecule has 2 heterocycles. The van der Waals surface area contributed by atoms with Gasteiger partial charge in [0.05, 0.1) is 40.5 Å². The van der Waals surface area contributed by atoms with Gasteiger partial charge in [0.2, 0.25) is 0 Å². The van der Waals surface area contributed by atoms with E-state index in [1.165, 1.54) is 27.9 Å². The van der Waals surface area contributed by atoms with Gasteiger partial charge in [-0.2, -0.15) is 10.5 Å². The van der Waals surface area contributed by atoms with Crippen molar-refractivity contribution in [2.75, 3.05) is 4.90 Å². The van der Waals surface area contributed by atoms with Crippen LogP contribution in [0.25, 0.3) is 44.9 Å². The van der Waals surface area contributed by atoms with E-state index >= 15 is 0 Å². The van der Waals surface area contributed by atoms with Crippen LogP contribution in [0.2, 0.25) is 0 Å². The largest absolute Gasteiger partial charge is 0.333 e. The van der Waals surface area contributed by atoms with Gasteiger partial charge in [-0.05, 0) is 65.2 Å². The van der Waals surface area contributed by atoms with Gasteiger partial charge < -0.3 is 9.47 Å². The maximum absolute atomic E-state index is 10.5. The third-order valence-electron chi connectivity index (χ3n) is 10.1. The smallest absolute Gasteiger partial charge is 0.0998 e. The van der Waals surface area contributed by atoms with E-state index in [-0.39, 0.29) is 12.0 Å². The predicted octanol–water partition coefficient (Wildman–Crippen LogP) is 10.6. The van der Waals surface area contributed by atoms with Crippen LogP contribution in [-0.4, -0.2) is 10.6 Å². The molecule has 0 saturated carbocycles. The molecule has 0 N–H and O–H groups in total. The van der Waals surface area contributed by atoms with Crippen molar-refractivity contribution in [3.05, 3.63) is 180 Å². The van der Waals surface area contributed by atoms with Gasteiger partial charge >= 0.3 is 0 Å². The molecule has 0 saturated heterocycles. The third-order valence-corrected chi connectivity index (χ3v) is 10.1. The fourth-order valence-corrected chi connectivity index (χ4v) is 7.96. The number of fused-ring (bicyclic) bond motifs is 6. The Morgan fingerprint density at radius 2 is 1.47 bits per heavy atom. The molecule has 1 aliphatic heterocycles. The van der Waals surface area contributed by atoms with Crippen molar-refractivity contribution in [3.8, 4) is 40.1 Å². The molecule has 2 unspecified atom stereocenters. The van der Waals surface area contributed by atoms with Gasteiger partial charge in [-0.25, -0.2) is 0 Å². The molecule has 0 spiro atoms. The number of hydrogen-bond acceptors (Lipinski definition) is 3. The SMILES string of the molecule is N#Cc1ccc(-c2c(C#N)cccc2-n2c3c(c4ccccc42)C=CC=CC3)cc1-c1cccc(N2c3ccccc3C3C=CC=CC32)c1. The second-order valence-electron chi connectivity index (χ2n) is 12.7. The number of benzene rings is 5. The van der Waals surface area contributed by atoms with Gasteiger partial charge in [0, 0.05) is 51.5 Å². The van der Waals surface area contributed by atoms with Crippen LogP contribution in [0.15, 0.2) is 152 Å². The second-order valence-corrected chi connectivity index (χ2v) is 12.7. The van der Waals surface area contributed by atoms with E-state index in [4.69, 9.17) is 0 Å². The normalized spacial score (nSPS) is 16.9. The van der Waals surface area contributed by atoms with Crippen molar-refractivity contribution < 1.29 is 0 Å². The minimum Gasteiger partial charge on any atom is -0.333 e. The molecule has 2 atom stereocenters. The highest BCUT2D eigenvalue weighted by Gasteiger charge is 2.37. The molecule has 0 radical (unpaired) electrons. The van der Waals surface area contributed by atoms with Crippen LogP contribution in [-0.2, 0) is 6.42 Å². The van der Waals surface area contributed by atoms with Crippen molar-refractivity contribution in [2.45, 2.75) is 18.4 Å². The molecule has 4 nitrogen and oxygen atoms in total. The lowest BCUT2D eigenvalue weighted by Crippen LogP contribution is -2.28. The zero-order chi connectivity index (χ0) is 32.9. The maximum atomic E-state index is 10.5. The number of allylic oxidation sites excluding steroid dienone is 5. The standard InChI is InChI=1S/C45H30N4/c46-28-32-25-24-31(27-39(32)30-12-10-14-34(26-30)48-40-20-7-4-16-35(40)36-17-5-8-21-41(36)48)45-33(29-47)13-11-23-44(45)49-42-19-3-1-2-15-37(42)38-18-6-9-22-43(38)49/h1-18,20-27,35,40H,19H2. The van der Waals surface area contributed by atoms with Crippen molar-refractivity contribution in [3.63, 3.8) is 0 Å². The highest BCUT2D eigenvalue weighted by Crippen LogP contribution is 2.48. The molecule has 0 bridgehead atoms. The third kappa shape index (κ3) is 4.50. The quantitative estimate of drug-likeness (QED) is 0.196. The molecule has 49 heavy (non-hydrogen) atoms. The lowest BCUT2D eigenvalue weighted by atomic mass is 9.91. The Hall–Kier alpha value is -6.62. The zero-order valence-corrected chi connectivity index (χ0v) is 26.7. The number of anilines is 2. The average Bonchev–Trinajstić information content (AvgIpc) is 3.54. The molecule has 0 fully saturated rings. The summed E-state index contributed by atoms with van der Waals surface area (Å²) in [5.41, 5.74) is 12.7. The summed E-state index contributed by atoms with van der Waals surface area (Å²) in [7, 11) is 0. The van der Waals surface area contributed by atoms with Crippen LogP contribution < -0.4 is 4.90 Å². The Labute approximate surface area is 285 Å². The van der Waals surface area contributed by atoms with E-state index < -0.39 is 0 Å². The fourth-order valence-electron chi connectivity index (χ4n) is 7.96. The molecular weight excluding hydrogens is 597 g/mol. The summed E-state index contributed by atoms with van der Waals surface area (Å²) in [6.07, 6.45) is 18.1. The van der Waals surface area contributed by atoms with Crippen LogP contribution in [0.5, 0.6) is 0 Å². The van der Waals surface area contributed by atoms with Crippen LogP contribution in [0.4, 0.5) is 11.4 Å². The summed E-state index contributed by atoms with van der Waals surface area (Å²) in [5.74, 6) is 0.287. The van der Waals surface area contributed by atoms with Gasteiger partial charge in [0.25, 0.3) is 0 Å². The highest BCUT2D eigenvalue weighted by atomic mass is 15.2. The van der Waals surface area contributed by atoms with Crippen molar-refractivity contribution in [1.29, 1.82) is 10.5 Å². The average molecular weight is 627 g/mol. The van der Waals surface area contributed by atoms with E-state index in [9.17, 15) is 10.5 Å². The summed E-state index contributed by atoms with van der Waals surface area (Å²) >= 11 is 0. The summed E-state index contributed by atoms with van der Waals surface area (Å²) in [6.45, 7) is 0. The van der Waals surface area contributed by atoms with Gasteiger partial charge in [-0.1, -0.05) is 109 Å². The van der Waals surface area contributed by atoms with Crippen LogP contribution >= 0.6 is 0 Å². The minimum atomic E-state index is 0.181. The Morgan fingerprint density at radius 1 is 0.653 bits per heavy atom. The molecule has 9 rings (SSSR count). The van der Waals surface area contributed by atoms with Crippen LogP contribution in [0.3, 0.4) is 0 Å². The lowest BCUT2D eigenvalue weighted by Gasteiger charge is -2.29. The van der Waals surface area contributed by atoms with Crippen molar-refractivity contribution in [1.82, 2.24) is 4.57 Å². The Kier molecular flexibility index (Phi) is 6.75. The van der Waals surface area contributed by atoms with Gasteiger partial charge in [-0.15, -0.1) is 0 Å². The first-order valence-corrected chi connectivity index (χ1v) is 16.6. The number of nitrogens with zero attached hydrogens (tertiary/aromatic N) is 4. The van der Waals surface area contributed by atoms with Crippen molar-refractivity contribution in [2.24, 2.45) is 0 Å². The lowest BCUT2D eigenvalue weighted by molar-refractivity contribution is 0.745. The number of aromatic nitrogens is 1. The number of hydrogen-bond donors (Lipinski definition) is 0. The first kappa shape index (κ1) is 28.6. The van der Waals surface area contributed by atoms with Crippen molar-refractivity contribution >= 4 is 28.4 Å². The van der Waals surface area contributed by atoms with E-state index in [1.54, 1.807) is 0 Å². The number of rotatable bonds is 4. The maximum Gasteiger partial charge on any atom is 0.0998 e. The van der Waals surface area contributed by atoms with E-state index in [0.717, 1.165) is 45.6 Å². The Bertz CT molecular complexity index is 2530. The fraction of sp³-hybridized carbons (Fsp3) is 0.0667. The van der Waals surface area contributed by atoms with E-state index in [2.05, 4.69) is 155 Å². The molecule has 5 aromatic carbocycles. The summed E-state index contributed by atoms with van der Waals surface area (Å²) in [4.78, 5) is 2.41. The van der Waals surface area contributed by atoms with Crippen LogP contribution in [0, 0.1) is 22.7 Å². The number of nitriles is 2. The van der Waals surface area contributed by atoms with Gasteiger partial charge in [-0.3, -0.25) is 0 Å². The molecule has 2 aliphatic carbocycles. The molecule has 1 aromatic heterocycles. The molecule has 4 heteroatoms. The molecule has 6 aromatic rings. The van der Waals surface area contributed by atoms with Gasteiger partial charge in [0.15, 0.2) is 0 Å². The Balaban J connectivity index is 1.22. The highest BCUT2D eigenvalue weighted by molar-refractivity contribution is 5.95. The Morgan fingerprint density at radius 3 is 2.39 bits per heavy atom. The molecular formula is C45H30N4. The van der Waals surface area contributed by atoms with E-state index in [1.807, 2.05) is 24.3 Å². The first-order chi connectivity index (χ1) is 24.2. The predicted molar refractivity (Wildman–Crippen MR) is 199 cm³/mol. The molecule has 0 amide bonds. The monoisotopic (exact) mass is 626 g/mol. The second kappa shape index (κ2) is 11.6. The molecule has 3 aliphatic rings.